The number of benzene rings is 2. The molecular formula is C23H22ClN7O2. The fourth-order valence-electron chi connectivity index (χ4n) is 4.22. The van der Waals surface area contributed by atoms with Crippen molar-refractivity contribution in [3.63, 3.8) is 0 Å². The van der Waals surface area contributed by atoms with Crippen molar-refractivity contribution >= 4 is 17.5 Å². The summed E-state index contributed by atoms with van der Waals surface area (Å²) in [7, 11) is 1.56. The number of para-hydroxylation sites is 1. The number of rotatable bonds is 5. The third-order valence-electron chi connectivity index (χ3n) is 5.76. The topological polar surface area (TPSA) is 102 Å². The normalized spacial score (nSPS) is 15.7. The van der Waals surface area contributed by atoms with Crippen LogP contribution < -0.4 is 4.74 Å². The smallest absolute Gasteiger partial charge is 0.256 e. The Morgan fingerprint density at radius 1 is 1.21 bits per heavy atom. The lowest BCUT2D eigenvalue weighted by atomic mass is 10.1. The summed E-state index contributed by atoms with van der Waals surface area (Å²) in [5, 5.41) is 16.3. The van der Waals surface area contributed by atoms with Gasteiger partial charge in [-0.25, -0.2) is 4.98 Å². The number of aryl methyl sites for hydroxylation is 1. The standard InChI is InChI=1S/C23H22ClN7O2/c1-14-8-9-18(31-25-10-11-26-31)16(13-14)23(32)30-12-4-7-19(30)22-27-21(28-29-22)15-5-3-6-17(24)20(15)33-2/h3,5-6,8-11,13,19H,4,7,12H2,1-2H3,(H,27,28,29). The van der Waals surface area contributed by atoms with Crippen LogP contribution in [0.25, 0.3) is 17.1 Å². The Kier molecular flexibility index (Phi) is 5.55. The molecule has 2 aromatic heterocycles. The molecule has 10 heteroatoms. The number of nitrogens with zero attached hydrogens (tertiary/aromatic N) is 6. The van der Waals surface area contributed by atoms with Crippen LogP contribution in [0.1, 0.15) is 40.6 Å². The van der Waals surface area contributed by atoms with E-state index in [9.17, 15) is 4.79 Å². The molecule has 1 N–H and O–H groups in total. The molecule has 2 aromatic carbocycles. The molecule has 4 aromatic rings. The summed E-state index contributed by atoms with van der Waals surface area (Å²) in [6.07, 6.45) is 4.84. The lowest BCUT2D eigenvalue weighted by molar-refractivity contribution is 0.0729. The number of hydrogen-bond acceptors (Lipinski definition) is 6. The Morgan fingerprint density at radius 3 is 2.82 bits per heavy atom. The minimum absolute atomic E-state index is 0.0909. The first kappa shape index (κ1) is 21.1. The molecule has 1 aliphatic rings. The second kappa shape index (κ2) is 8.67. The van der Waals surface area contributed by atoms with Crippen LogP contribution in [0.2, 0.25) is 5.02 Å². The second-order valence-corrected chi connectivity index (χ2v) is 8.27. The van der Waals surface area contributed by atoms with E-state index in [4.69, 9.17) is 21.3 Å². The number of carbonyl (C=O) groups is 1. The van der Waals surface area contributed by atoms with Gasteiger partial charge in [-0.15, -0.1) is 0 Å². The zero-order chi connectivity index (χ0) is 22.9. The van der Waals surface area contributed by atoms with E-state index < -0.39 is 0 Å². The molecule has 1 unspecified atom stereocenters. The molecule has 1 amide bonds. The number of hydrogen-bond donors (Lipinski definition) is 1. The van der Waals surface area contributed by atoms with Gasteiger partial charge in [0.05, 0.1) is 47.4 Å². The third kappa shape index (κ3) is 3.84. The third-order valence-corrected chi connectivity index (χ3v) is 6.06. The van der Waals surface area contributed by atoms with E-state index in [2.05, 4.69) is 20.4 Å². The van der Waals surface area contributed by atoms with Crippen LogP contribution >= 0.6 is 11.6 Å². The minimum atomic E-state index is -0.220. The summed E-state index contributed by atoms with van der Waals surface area (Å²) in [5.41, 5.74) is 2.87. The number of aromatic amines is 1. The van der Waals surface area contributed by atoms with E-state index in [1.165, 1.54) is 4.80 Å². The molecule has 1 aliphatic heterocycles. The average Bonchev–Trinajstić information content (AvgIpc) is 3.59. The first-order valence-electron chi connectivity index (χ1n) is 10.6. The zero-order valence-corrected chi connectivity index (χ0v) is 19.0. The van der Waals surface area contributed by atoms with E-state index in [0.29, 0.717) is 45.8 Å². The number of likely N-dealkylation sites (tertiary alicyclic amines) is 1. The van der Waals surface area contributed by atoms with Crippen LogP contribution in [-0.4, -0.2) is 54.6 Å². The minimum Gasteiger partial charge on any atom is -0.494 e. The first-order chi connectivity index (χ1) is 16.1. The molecule has 0 bridgehead atoms. The summed E-state index contributed by atoms with van der Waals surface area (Å²) in [6.45, 7) is 2.58. The number of halogens is 1. The molecule has 1 saturated heterocycles. The Morgan fingerprint density at radius 2 is 2.03 bits per heavy atom. The molecule has 5 rings (SSSR count). The van der Waals surface area contributed by atoms with Gasteiger partial charge in [-0.1, -0.05) is 29.3 Å². The Hall–Kier alpha value is -3.72. The molecule has 0 spiro atoms. The van der Waals surface area contributed by atoms with Crippen molar-refractivity contribution in [2.24, 2.45) is 0 Å². The Bertz CT molecular complexity index is 1300. The fraction of sp³-hybridized carbons (Fsp3) is 0.261. The van der Waals surface area contributed by atoms with E-state index in [1.807, 2.05) is 42.2 Å². The summed E-state index contributed by atoms with van der Waals surface area (Å²) in [5.74, 6) is 1.52. The maximum atomic E-state index is 13.7. The maximum Gasteiger partial charge on any atom is 0.256 e. The van der Waals surface area contributed by atoms with E-state index in [1.54, 1.807) is 25.6 Å². The summed E-state index contributed by atoms with van der Waals surface area (Å²) < 4.78 is 5.44. The van der Waals surface area contributed by atoms with Crippen molar-refractivity contribution in [2.75, 3.05) is 13.7 Å². The molecule has 0 aliphatic carbocycles. The molecule has 9 nitrogen and oxygen atoms in total. The maximum absolute atomic E-state index is 13.7. The molecule has 0 saturated carbocycles. The van der Waals surface area contributed by atoms with E-state index in [0.717, 1.165) is 18.4 Å². The van der Waals surface area contributed by atoms with Gasteiger partial charge in [0.2, 0.25) is 0 Å². The lowest BCUT2D eigenvalue weighted by Crippen LogP contribution is -2.32. The summed E-state index contributed by atoms with van der Waals surface area (Å²) >= 11 is 6.26. The van der Waals surface area contributed by atoms with Crippen LogP contribution in [0, 0.1) is 6.92 Å². The van der Waals surface area contributed by atoms with Gasteiger partial charge in [0.25, 0.3) is 5.91 Å². The van der Waals surface area contributed by atoms with Crippen molar-refractivity contribution in [2.45, 2.75) is 25.8 Å². The number of nitrogens with one attached hydrogen (secondary N) is 1. The molecule has 33 heavy (non-hydrogen) atoms. The van der Waals surface area contributed by atoms with Crippen molar-refractivity contribution in [1.29, 1.82) is 0 Å². The quantitative estimate of drug-likeness (QED) is 0.480. The lowest BCUT2D eigenvalue weighted by Gasteiger charge is -2.24. The van der Waals surface area contributed by atoms with E-state index in [-0.39, 0.29) is 11.9 Å². The zero-order valence-electron chi connectivity index (χ0n) is 18.2. The van der Waals surface area contributed by atoms with Crippen molar-refractivity contribution < 1.29 is 9.53 Å². The van der Waals surface area contributed by atoms with Gasteiger partial charge < -0.3 is 9.64 Å². The number of carbonyl (C=O) groups excluding carboxylic acids is 1. The molecule has 0 radical (unpaired) electrons. The van der Waals surface area contributed by atoms with Gasteiger partial charge in [-0.3, -0.25) is 9.89 Å². The van der Waals surface area contributed by atoms with Crippen molar-refractivity contribution in [3.05, 3.63) is 70.8 Å². The Labute approximate surface area is 195 Å². The molecule has 3 heterocycles. The molecule has 1 fully saturated rings. The second-order valence-electron chi connectivity index (χ2n) is 7.86. The summed E-state index contributed by atoms with van der Waals surface area (Å²) in [6, 6.07) is 10.9. The highest BCUT2D eigenvalue weighted by molar-refractivity contribution is 6.32. The van der Waals surface area contributed by atoms with Gasteiger partial charge in [-0.05, 0) is 44.0 Å². The average molecular weight is 464 g/mol. The fourth-order valence-corrected chi connectivity index (χ4v) is 4.47. The number of aromatic nitrogens is 6. The number of amides is 1. The highest BCUT2D eigenvalue weighted by atomic mass is 35.5. The number of ether oxygens (including phenoxy) is 1. The molecule has 1 atom stereocenters. The monoisotopic (exact) mass is 463 g/mol. The first-order valence-corrected chi connectivity index (χ1v) is 11.0. The highest BCUT2D eigenvalue weighted by Gasteiger charge is 2.34. The number of methoxy groups -OCH3 is 1. The Balaban J connectivity index is 1.48. The van der Waals surface area contributed by atoms with Crippen molar-refractivity contribution in [1.82, 2.24) is 35.1 Å². The number of H-pyrrole nitrogens is 1. The van der Waals surface area contributed by atoms with Gasteiger partial charge in [-0.2, -0.15) is 20.1 Å². The van der Waals surface area contributed by atoms with Crippen LogP contribution in [0.5, 0.6) is 5.75 Å². The van der Waals surface area contributed by atoms with Crippen LogP contribution in [0.4, 0.5) is 0 Å². The van der Waals surface area contributed by atoms with Gasteiger partial charge in [0, 0.05) is 6.54 Å². The SMILES string of the molecule is COc1c(Cl)cccc1-c1n[nH]c(C2CCCN2C(=O)c2cc(C)ccc2-n2nccn2)n1. The van der Waals surface area contributed by atoms with Crippen LogP contribution in [-0.2, 0) is 0 Å². The van der Waals surface area contributed by atoms with Gasteiger partial charge in [0.15, 0.2) is 5.82 Å². The predicted octanol–water partition coefficient (Wildman–Crippen LogP) is 4.00. The van der Waals surface area contributed by atoms with Gasteiger partial charge in [0.1, 0.15) is 11.6 Å². The molecular weight excluding hydrogens is 442 g/mol. The summed E-state index contributed by atoms with van der Waals surface area (Å²) in [4.78, 5) is 21.7. The molecule has 168 valence electrons. The highest BCUT2D eigenvalue weighted by Crippen LogP contribution is 2.37. The van der Waals surface area contributed by atoms with Gasteiger partial charge >= 0.3 is 0 Å². The largest absolute Gasteiger partial charge is 0.494 e. The predicted molar refractivity (Wildman–Crippen MR) is 122 cm³/mol. The van der Waals surface area contributed by atoms with Crippen molar-refractivity contribution in [3.8, 4) is 22.8 Å². The van der Waals surface area contributed by atoms with E-state index >= 15 is 0 Å². The van der Waals surface area contributed by atoms with Crippen LogP contribution in [0.3, 0.4) is 0 Å². The van der Waals surface area contributed by atoms with Crippen LogP contribution in [0.15, 0.2) is 48.8 Å².